The van der Waals surface area contributed by atoms with E-state index in [4.69, 9.17) is 0 Å². The summed E-state index contributed by atoms with van der Waals surface area (Å²) >= 11 is 0. The van der Waals surface area contributed by atoms with Crippen LogP contribution in [0.4, 0.5) is 10.1 Å². The lowest BCUT2D eigenvalue weighted by Crippen LogP contribution is -2.54. The molecule has 11 heteroatoms. The first kappa shape index (κ1) is 24.9. The molecule has 2 aromatic rings. The topological polar surface area (TPSA) is 101 Å². The molecule has 36 heavy (non-hydrogen) atoms. The molecule has 1 aromatic heterocycles. The molecule has 5 rings (SSSR count). The smallest absolute Gasteiger partial charge is 0.282 e. The number of rotatable bonds is 4. The molecule has 0 aliphatic carbocycles. The first-order chi connectivity index (χ1) is 17.2. The van der Waals surface area contributed by atoms with E-state index in [0.717, 1.165) is 12.8 Å². The van der Waals surface area contributed by atoms with Crippen LogP contribution in [0.15, 0.2) is 24.4 Å². The Morgan fingerprint density at radius 2 is 1.67 bits per heavy atom. The number of benzene rings is 1. The molecule has 0 N–H and O–H groups in total. The molecule has 0 unspecified atom stereocenters. The Morgan fingerprint density at radius 3 is 2.31 bits per heavy atom. The third-order valence-electron chi connectivity index (χ3n) is 7.73. The van der Waals surface area contributed by atoms with Crippen molar-refractivity contribution in [2.45, 2.75) is 32.6 Å². The van der Waals surface area contributed by atoms with Gasteiger partial charge in [0, 0.05) is 63.9 Å². The summed E-state index contributed by atoms with van der Waals surface area (Å²) in [4.78, 5) is 21.9. The Balaban J connectivity index is 1.41. The number of hydrogen-bond acceptors (Lipinski definition) is 6. The van der Waals surface area contributed by atoms with E-state index >= 15 is 0 Å². The number of fused-ring (bicyclic) bond motifs is 1. The zero-order chi connectivity index (χ0) is 25.5. The van der Waals surface area contributed by atoms with Crippen LogP contribution in [0.2, 0.25) is 0 Å². The number of carbonyl (C=O) groups is 1. The van der Waals surface area contributed by atoms with E-state index in [9.17, 15) is 22.9 Å². The van der Waals surface area contributed by atoms with Crippen molar-refractivity contribution in [1.82, 2.24) is 18.5 Å². The van der Waals surface area contributed by atoms with Crippen LogP contribution in [-0.4, -0.2) is 85.2 Å². The zero-order valence-electron chi connectivity index (χ0n) is 20.5. The maximum Gasteiger partial charge on any atom is 0.282 e. The largest absolute Gasteiger partial charge is 0.370 e. The van der Waals surface area contributed by atoms with Gasteiger partial charge in [-0.2, -0.15) is 22.3 Å². The minimum atomic E-state index is -3.51. The van der Waals surface area contributed by atoms with E-state index in [1.54, 1.807) is 17.2 Å². The molecular formula is C25H31FN6O3S. The summed E-state index contributed by atoms with van der Waals surface area (Å²) in [6.07, 6.45) is 4.58. The molecule has 1 aromatic carbocycles. The fourth-order valence-electron chi connectivity index (χ4n) is 5.36. The quantitative estimate of drug-likeness (QED) is 0.622. The maximum atomic E-state index is 14.3. The first-order valence-corrected chi connectivity index (χ1v) is 13.9. The predicted molar refractivity (Wildman–Crippen MR) is 134 cm³/mol. The summed E-state index contributed by atoms with van der Waals surface area (Å²) in [6, 6.07) is 6.76. The van der Waals surface area contributed by atoms with Gasteiger partial charge in [-0.1, -0.05) is 0 Å². The Labute approximate surface area is 211 Å². The molecule has 0 saturated carbocycles. The highest BCUT2D eigenvalue weighted by atomic mass is 32.2. The molecular weight excluding hydrogens is 483 g/mol. The Bertz CT molecular complexity index is 1310. The van der Waals surface area contributed by atoms with E-state index in [-0.39, 0.29) is 32.1 Å². The molecule has 3 aliphatic heterocycles. The number of piperidine rings is 1. The number of amides is 1. The van der Waals surface area contributed by atoms with Crippen molar-refractivity contribution in [2.24, 2.45) is 5.41 Å². The van der Waals surface area contributed by atoms with Gasteiger partial charge < -0.3 is 9.80 Å². The molecule has 3 aliphatic rings. The second-order valence-electron chi connectivity index (χ2n) is 10.1. The van der Waals surface area contributed by atoms with Gasteiger partial charge in [0.25, 0.3) is 16.1 Å². The fraction of sp³-hybridized carbons (Fsp3) is 0.560. The van der Waals surface area contributed by atoms with Gasteiger partial charge in [0.1, 0.15) is 5.82 Å². The van der Waals surface area contributed by atoms with Crippen molar-refractivity contribution in [3.63, 3.8) is 0 Å². The first-order valence-electron chi connectivity index (χ1n) is 12.5. The van der Waals surface area contributed by atoms with Crippen LogP contribution in [0.5, 0.6) is 0 Å². The van der Waals surface area contributed by atoms with Gasteiger partial charge in [-0.3, -0.25) is 9.78 Å². The van der Waals surface area contributed by atoms with Gasteiger partial charge in [-0.05, 0) is 50.8 Å². The van der Waals surface area contributed by atoms with Gasteiger partial charge in [-0.25, -0.2) is 4.39 Å². The standard InChI is InChI=1S/C25H31FN6O3S/c1-25(18-27)6-10-29(11-7-25)23-20-16-19(26)4-5-22(20)28-17-21(23)24(33)30-12-14-32(15-13-30)36(34,35)31-8-2-3-9-31/h4-5,16-17H,2-3,6-15H2,1H3. The van der Waals surface area contributed by atoms with E-state index in [0.29, 0.717) is 61.2 Å². The molecule has 9 nitrogen and oxygen atoms in total. The Hall–Kier alpha value is -2.81. The summed E-state index contributed by atoms with van der Waals surface area (Å²) in [6.45, 7) is 5.20. The number of pyridine rings is 1. The minimum Gasteiger partial charge on any atom is -0.370 e. The third kappa shape index (κ3) is 4.53. The van der Waals surface area contributed by atoms with Gasteiger partial charge in [0.15, 0.2) is 0 Å². The van der Waals surface area contributed by atoms with Crippen LogP contribution in [0.25, 0.3) is 10.9 Å². The van der Waals surface area contributed by atoms with E-state index < -0.39 is 21.4 Å². The number of piperazine rings is 1. The average Bonchev–Trinajstić information content (AvgIpc) is 3.44. The Kier molecular flexibility index (Phi) is 6.61. The number of halogens is 1. The molecule has 192 valence electrons. The van der Waals surface area contributed by atoms with Crippen LogP contribution in [0.3, 0.4) is 0 Å². The normalized spacial score (nSPS) is 21.6. The summed E-state index contributed by atoms with van der Waals surface area (Å²) < 4.78 is 43.1. The average molecular weight is 515 g/mol. The van der Waals surface area contributed by atoms with Crippen LogP contribution in [0.1, 0.15) is 43.0 Å². The second kappa shape index (κ2) is 9.57. The molecule has 0 atom stereocenters. The maximum absolute atomic E-state index is 14.3. The number of anilines is 1. The van der Waals surface area contributed by atoms with Crippen molar-refractivity contribution in [3.05, 3.63) is 35.8 Å². The Morgan fingerprint density at radius 1 is 1.03 bits per heavy atom. The van der Waals surface area contributed by atoms with Crippen LogP contribution in [0, 0.1) is 22.6 Å². The fourth-order valence-corrected chi connectivity index (χ4v) is 7.03. The van der Waals surface area contributed by atoms with Crippen molar-refractivity contribution < 1.29 is 17.6 Å². The number of hydrogen-bond donors (Lipinski definition) is 0. The molecule has 1 amide bonds. The molecule has 4 heterocycles. The number of carbonyl (C=O) groups excluding carboxylic acids is 1. The molecule has 3 saturated heterocycles. The second-order valence-corrected chi connectivity index (χ2v) is 12.1. The number of nitrogens with zero attached hydrogens (tertiary/aromatic N) is 6. The highest BCUT2D eigenvalue weighted by molar-refractivity contribution is 7.86. The van der Waals surface area contributed by atoms with E-state index in [1.807, 2.05) is 6.92 Å². The van der Waals surface area contributed by atoms with Gasteiger partial charge in [0.2, 0.25) is 0 Å². The zero-order valence-corrected chi connectivity index (χ0v) is 21.3. The highest BCUT2D eigenvalue weighted by Gasteiger charge is 2.37. The summed E-state index contributed by atoms with van der Waals surface area (Å²) in [7, 11) is -3.51. The van der Waals surface area contributed by atoms with Gasteiger partial charge >= 0.3 is 0 Å². The SMILES string of the molecule is CC1(C#N)CCN(c2c(C(=O)N3CCN(S(=O)(=O)N4CCCC4)CC3)cnc3ccc(F)cc23)CC1. The van der Waals surface area contributed by atoms with Gasteiger partial charge in [0.05, 0.1) is 28.3 Å². The van der Waals surface area contributed by atoms with Crippen molar-refractivity contribution in [3.8, 4) is 6.07 Å². The number of nitriles is 1. The summed E-state index contributed by atoms with van der Waals surface area (Å²) in [5.41, 5.74) is 1.19. The lowest BCUT2D eigenvalue weighted by atomic mass is 9.81. The summed E-state index contributed by atoms with van der Waals surface area (Å²) in [5.74, 6) is -0.648. The van der Waals surface area contributed by atoms with Crippen LogP contribution >= 0.6 is 0 Å². The summed E-state index contributed by atoms with van der Waals surface area (Å²) in [5, 5.41) is 10.1. The van der Waals surface area contributed by atoms with Crippen molar-refractivity contribution in [2.75, 3.05) is 57.3 Å². The van der Waals surface area contributed by atoms with Crippen LogP contribution < -0.4 is 4.90 Å². The number of aromatic nitrogens is 1. The highest BCUT2D eigenvalue weighted by Crippen LogP contribution is 2.37. The molecule has 3 fully saturated rings. The van der Waals surface area contributed by atoms with Gasteiger partial charge in [-0.15, -0.1) is 0 Å². The lowest BCUT2D eigenvalue weighted by molar-refractivity contribution is 0.0695. The van der Waals surface area contributed by atoms with E-state index in [1.165, 1.54) is 20.7 Å². The monoisotopic (exact) mass is 514 g/mol. The third-order valence-corrected chi connectivity index (χ3v) is 9.76. The van der Waals surface area contributed by atoms with Crippen molar-refractivity contribution >= 4 is 32.7 Å². The minimum absolute atomic E-state index is 0.236. The molecule has 0 radical (unpaired) electrons. The molecule has 0 spiro atoms. The van der Waals surface area contributed by atoms with Crippen molar-refractivity contribution in [1.29, 1.82) is 5.26 Å². The predicted octanol–water partition coefficient (Wildman–Crippen LogP) is 2.60. The lowest BCUT2D eigenvalue weighted by Gasteiger charge is -2.39. The van der Waals surface area contributed by atoms with Crippen LogP contribution in [-0.2, 0) is 10.2 Å². The molecule has 0 bridgehead atoms. The van der Waals surface area contributed by atoms with E-state index in [2.05, 4.69) is 16.0 Å².